The predicted molar refractivity (Wildman–Crippen MR) is 58.5 cm³/mol. The number of nitrogens with one attached hydrogen (secondary N) is 1. The standard InChI is InChI=1S/C11H17N3O/c15-11(14-9-4-12-5-10-14)3-8-13-6-1-2-7-13/h1-2,6-7,12H,3-5,8-10H2. The van der Waals surface area contributed by atoms with Gasteiger partial charge < -0.3 is 14.8 Å². The van der Waals surface area contributed by atoms with Crippen molar-refractivity contribution in [3.05, 3.63) is 24.5 Å². The number of aromatic nitrogens is 1. The maximum absolute atomic E-state index is 11.8. The molecule has 15 heavy (non-hydrogen) atoms. The summed E-state index contributed by atoms with van der Waals surface area (Å²) in [5.41, 5.74) is 0. The highest BCUT2D eigenvalue weighted by Gasteiger charge is 2.15. The molecule has 1 aromatic heterocycles. The highest BCUT2D eigenvalue weighted by atomic mass is 16.2. The lowest BCUT2D eigenvalue weighted by atomic mass is 10.3. The van der Waals surface area contributed by atoms with E-state index in [4.69, 9.17) is 0 Å². The number of carbonyl (C=O) groups is 1. The molecule has 1 aromatic rings. The molecule has 2 rings (SSSR count). The highest BCUT2D eigenvalue weighted by Crippen LogP contribution is 2.00. The van der Waals surface area contributed by atoms with Gasteiger partial charge in [0.05, 0.1) is 0 Å². The average Bonchev–Trinajstić information content (AvgIpc) is 2.80. The summed E-state index contributed by atoms with van der Waals surface area (Å²) in [6.07, 6.45) is 4.59. The third kappa shape index (κ3) is 2.83. The number of nitrogens with zero attached hydrogens (tertiary/aromatic N) is 2. The van der Waals surface area contributed by atoms with Crippen LogP contribution in [0.15, 0.2) is 24.5 Å². The van der Waals surface area contributed by atoms with Gasteiger partial charge >= 0.3 is 0 Å². The van der Waals surface area contributed by atoms with Crippen LogP contribution in [0.2, 0.25) is 0 Å². The van der Waals surface area contributed by atoms with Gasteiger partial charge in [-0.25, -0.2) is 0 Å². The summed E-state index contributed by atoms with van der Waals surface area (Å²) >= 11 is 0. The Hall–Kier alpha value is -1.29. The molecule has 1 aliphatic rings. The first-order valence-electron chi connectivity index (χ1n) is 5.45. The van der Waals surface area contributed by atoms with Crippen molar-refractivity contribution in [3.63, 3.8) is 0 Å². The van der Waals surface area contributed by atoms with Crippen LogP contribution < -0.4 is 5.32 Å². The van der Waals surface area contributed by atoms with Crippen LogP contribution in [0.25, 0.3) is 0 Å². The quantitative estimate of drug-likeness (QED) is 0.774. The first-order chi connectivity index (χ1) is 7.36. The Morgan fingerprint density at radius 3 is 2.53 bits per heavy atom. The minimum atomic E-state index is 0.269. The Balaban J connectivity index is 1.76. The van der Waals surface area contributed by atoms with Gasteiger partial charge in [-0.2, -0.15) is 0 Å². The molecule has 0 aromatic carbocycles. The van der Waals surface area contributed by atoms with Crippen molar-refractivity contribution in [2.24, 2.45) is 0 Å². The predicted octanol–water partition coefficient (Wildman–Crippen LogP) is 0.310. The summed E-state index contributed by atoms with van der Waals surface area (Å²) in [6.45, 7) is 4.34. The minimum absolute atomic E-state index is 0.269. The van der Waals surface area contributed by atoms with Gasteiger partial charge in [-0.05, 0) is 12.1 Å². The van der Waals surface area contributed by atoms with Crippen LogP contribution in [0.5, 0.6) is 0 Å². The molecular weight excluding hydrogens is 190 g/mol. The van der Waals surface area contributed by atoms with Gasteiger partial charge in [0.15, 0.2) is 0 Å². The van der Waals surface area contributed by atoms with E-state index in [2.05, 4.69) is 5.32 Å². The molecule has 1 aliphatic heterocycles. The Bertz CT molecular complexity index is 302. The number of piperazine rings is 1. The normalized spacial score (nSPS) is 16.7. The maximum atomic E-state index is 11.8. The van der Waals surface area contributed by atoms with E-state index in [-0.39, 0.29) is 5.91 Å². The summed E-state index contributed by atoms with van der Waals surface area (Å²) in [5, 5.41) is 3.24. The van der Waals surface area contributed by atoms with Crippen LogP contribution in [0, 0.1) is 0 Å². The third-order valence-electron chi connectivity index (χ3n) is 2.72. The van der Waals surface area contributed by atoms with Crippen molar-refractivity contribution in [1.82, 2.24) is 14.8 Å². The summed E-state index contributed by atoms with van der Waals surface area (Å²) < 4.78 is 2.04. The Labute approximate surface area is 89.9 Å². The molecule has 82 valence electrons. The van der Waals surface area contributed by atoms with Crippen LogP contribution >= 0.6 is 0 Å². The van der Waals surface area contributed by atoms with Crippen molar-refractivity contribution in [1.29, 1.82) is 0 Å². The molecule has 0 aliphatic carbocycles. The summed E-state index contributed by atoms with van der Waals surface area (Å²) in [7, 11) is 0. The fourth-order valence-corrected chi connectivity index (χ4v) is 1.82. The molecule has 0 radical (unpaired) electrons. The second kappa shape index (κ2) is 4.98. The Morgan fingerprint density at radius 2 is 1.87 bits per heavy atom. The first kappa shape index (κ1) is 10.2. The van der Waals surface area contributed by atoms with Crippen molar-refractivity contribution in [3.8, 4) is 0 Å². The second-order valence-electron chi connectivity index (χ2n) is 3.80. The SMILES string of the molecule is O=C(CCn1cccc1)N1CCNCC1. The molecule has 0 unspecified atom stereocenters. The molecule has 2 heterocycles. The molecule has 1 fully saturated rings. The van der Waals surface area contributed by atoms with Crippen LogP contribution in [-0.4, -0.2) is 41.6 Å². The van der Waals surface area contributed by atoms with E-state index in [0.717, 1.165) is 32.7 Å². The van der Waals surface area contributed by atoms with E-state index in [0.29, 0.717) is 6.42 Å². The van der Waals surface area contributed by atoms with Gasteiger partial charge in [0, 0.05) is 51.5 Å². The second-order valence-corrected chi connectivity index (χ2v) is 3.80. The third-order valence-corrected chi connectivity index (χ3v) is 2.72. The van der Waals surface area contributed by atoms with Crippen molar-refractivity contribution < 1.29 is 4.79 Å². The number of hydrogen-bond acceptors (Lipinski definition) is 2. The van der Waals surface area contributed by atoms with Gasteiger partial charge in [0.2, 0.25) is 5.91 Å². The summed E-state index contributed by atoms with van der Waals surface area (Å²) in [6, 6.07) is 3.96. The van der Waals surface area contributed by atoms with E-state index in [1.54, 1.807) is 0 Å². The lowest BCUT2D eigenvalue weighted by Gasteiger charge is -2.27. The van der Waals surface area contributed by atoms with Gasteiger partial charge in [0.1, 0.15) is 0 Å². The fraction of sp³-hybridized carbons (Fsp3) is 0.545. The molecule has 0 bridgehead atoms. The number of hydrogen-bond donors (Lipinski definition) is 1. The molecular formula is C11H17N3O. The highest BCUT2D eigenvalue weighted by molar-refractivity contribution is 5.76. The van der Waals surface area contributed by atoms with Crippen molar-refractivity contribution in [2.75, 3.05) is 26.2 Å². The monoisotopic (exact) mass is 207 g/mol. The first-order valence-corrected chi connectivity index (χ1v) is 5.45. The molecule has 0 saturated carbocycles. The van der Waals surface area contributed by atoms with Crippen LogP contribution in [0.4, 0.5) is 0 Å². The molecule has 0 spiro atoms. The van der Waals surface area contributed by atoms with Crippen molar-refractivity contribution in [2.45, 2.75) is 13.0 Å². The van der Waals surface area contributed by atoms with E-state index in [9.17, 15) is 4.79 Å². The van der Waals surface area contributed by atoms with Crippen LogP contribution in [0.1, 0.15) is 6.42 Å². The van der Waals surface area contributed by atoms with Gasteiger partial charge in [-0.15, -0.1) is 0 Å². The summed E-state index contributed by atoms with van der Waals surface area (Å²) in [5.74, 6) is 0.269. The summed E-state index contributed by atoms with van der Waals surface area (Å²) in [4.78, 5) is 13.7. The lowest BCUT2D eigenvalue weighted by molar-refractivity contribution is -0.132. The van der Waals surface area contributed by atoms with E-state index >= 15 is 0 Å². The van der Waals surface area contributed by atoms with E-state index < -0.39 is 0 Å². The smallest absolute Gasteiger partial charge is 0.224 e. The average molecular weight is 207 g/mol. The van der Waals surface area contributed by atoms with Crippen LogP contribution in [0.3, 0.4) is 0 Å². The molecule has 4 nitrogen and oxygen atoms in total. The van der Waals surface area contributed by atoms with Crippen molar-refractivity contribution >= 4 is 5.91 Å². The van der Waals surface area contributed by atoms with E-state index in [1.807, 2.05) is 34.0 Å². The molecule has 0 atom stereocenters. The molecule has 1 amide bonds. The number of amides is 1. The fourth-order valence-electron chi connectivity index (χ4n) is 1.82. The Kier molecular flexibility index (Phi) is 3.40. The molecule has 1 saturated heterocycles. The minimum Gasteiger partial charge on any atom is -0.354 e. The maximum Gasteiger partial charge on any atom is 0.224 e. The van der Waals surface area contributed by atoms with Gasteiger partial charge in [0.25, 0.3) is 0 Å². The topological polar surface area (TPSA) is 37.3 Å². The van der Waals surface area contributed by atoms with Crippen LogP contribution in [-0.2, 0) is 11.3 Å². The number of aryl methyl sites for hydroxylation is 1. The number of carbonyl (C=O) groups excluding carboxylic acids is 1. The van der Waals surface area contributed by atoms with Gasteiger partial charge in [-0.1, -0.05) is 0 Å². The molecule has 4 heteroatoms. The zero-order valence-electron chi connectivity index (χ0n) is 8.85. The number of rotatable bonds is 3. The van der Waals surface area contributed by atoms with Gasteiger partial charge in [-0.3, -0.25) is 4.79 Å². The Morgan fingerprint density at radius 1 is 1.20 bits per heavy atom. The zero-order chi connectivity index (χ0) is 10.5. The zero-order valence-corrected chi connectivity index (χ0v) is 8.85. The largest absolute Gasteiger partial charge is 0.354 e. The lowest BCUT2D eigenvalue weighted by Crippen LogP contribution is -2.46. The van der Waals surface area contributed by atoms with E-state index in [1.165, 1.54) is 0 Å². The molecule has 1 N–H and O–H groups in total.